The zero-order valence-electron chi connectivity index (χ0n) is 6.38. The minimum atomic E-state index is -4.45. The average molecular weight is 191 g/mol. The molecular formula is C6H5BF3NO2. The molecule has 7 heteroatoms. The third-order valence-corrected chi connectivity index (χ3v) is 1.26. The monoisotopic (exact) mass is 191 g/mol. The van der Waals surface area contributed by atoms with Gasteiger partial charge in [0, 0.05) is 0 Å². The highest BCUT2D eigenvalue weighted by Crippen LogP contribution is 2.27. The van der Waals surface area contributed by atoms with Crippen molar-refractivity contribution in [1.82, 2.24) is 4.98 Å². The Bertz CT molecular complexity index is 274. The molecule has 70 valence electrons. The Morgan fingerprint density at radius 3 is 2.46 bits per heavy atom. The van der Waals surface area contributed by atoms with Crippen LogP contribution in [0.4, 0.5) is 13.2 Å². The summed E-state index contributed by atoms with van der Waals surface area (Å²) in [5.41, 5.74) is -0.988. The van der Waals surface area contributed by atoms with Crippen molar-refractivity contribution in [1.29, 1.82) is 0 Å². The quantitative estimate of drug-likeness (QED) is 0.700. The molecule has 0 unspecified atom stereocenters. The summed E-state index contributed by atoms with van der Waals surface area (Å²) in [5.74, 6) is 0.0931. The van der Waals surface area contributed by atoms with E-state index in [1.165, 1.54) is 0 Å². The number of pyridine rings is 1. The maximum Gasteiger partial charge on any atom is 0.504 e. The van der Waals surface area contributed by atoms with E-state index in [1.54, 1.807) is 0 Å². The van der Waals surface area contributed by atoms with Crippen molar-refractivity contribution >= 4 is 7.69 Å². The van der Waals surface area contributed by atoms with Gasteiger partial charge in [-0.2, -0.15) is 13.2 Å². The Labute approximate surface area is 72.5 Å². The fourth-order valence-electron chi connectivity index (χ4n) is 0.708. The molecule has 0 amide bonds. The van der Waals surface area contributed by atoms with Crippen molar-refractivity contribution < 1.29 is 22.8 Å². The molecule has 0 spiro atoms. The van der Waals surface area contributed by atoms with Crippen molar-refractivity contribution in [2.45, 2.75) is 6.18 Å². The van der Waals surface area contributed by atoms with Gasteiger partial charge in [-0.3, -0.25) is 0 Å². The minimum Gasteiger partial charge on any atom is -0.538 e. The molecule has 3 nitrogen and oxygen atoms in total. The number of alkyl halides is 3. The molecule has 0 saturated heterocycles. The molecule has 13 heavy (non-hydrogen) atoms. The van der Waals surface area contributed by atoms with Crippen molar-refractivity contribution in [3.63, 3.8) is 0 Å². The Morgan fingerprint density at radius 2 is 2.08 bits per heavy atom. The normalized spacial score (nSPS) is 11.1. The number of rotatable bonds is 2. The maximum atomic E-state index is 12.0. The molecule has 1 N–H and O–H groups in total. The topological polar surface area (TPSA) is 42.4 Å². The van der Waals surface area contributed by atoms with Crippen molar-refractivity contribution in [2.75, 3.05) is 0 Å². The lowest BCUT2D eigenvalue weighted by atomic mass is 10.3. The summed E-state index contributed by atoms with van der Waals surface area (Å²) in [4.78, 5) is 3.11. The van der Waals surface area contributed by atoms with Gasteiger partial charge in [0.25, 0.3) is 0 Å². The predicted octanol–water partition coefficient (Wildman–Crippen LogP) is 0.738. The number of nitrogens with zero attached hydrogens (tertiary/aromatic N) is 1. The summed E-state index contributed by atoms with van der Waals surface area (Å²) in [7, 11) is -0.590. The smallest absolute Gasteiger partial charge is 0.504 e. The average Bonchev–Trinajstić information content (AvgIpc) is 2.04. The largest absolute Gasteiger partial charge is 0.538 e. The first kappa shape index (κ1) is 9.85. The van der Waals surface area contributed by atoms with E-state index in [1.807, 2.05) is 0 Å². The van der Waals surface area contributed by atoms with Gasteiger partial charge in [0.2, 0.25) is 0 Å². The Morgan fingerprint density at radius 1 is 1.38 bits per heavy atom. The summed E-state index contributed by atoms with van der Waals surface area (Å²) >= 11 is 0. The molecule has 0 aliphatic rings. The van der Waals surface area contributed by atoms with E-state index in [0.717, 1.165) is 18.3 Å². The second-order valence-electron chi connectivity index (χ2n) is 2.15. The van der Waals surface area contributed by atoms with Gasteiger partial charge in [-0.1, -0.05) is 0 Å². The first-order chi connectivity index (χ1) is 6.04. The maximum absolute atomic E-state index is 12.0. The van der Waals surface area contributed by atoms with Gasteiger partial charge in [-0.25, -0.2) is 4.98 Å². The molecule has 0 radical (unpaired) electrons. The Hall–Kier alpha value is -1.24. The predicted molar refractivity (Wildman–Crippen MR) is 39.2 cm³/mol. The number of hydrogen-bond donors (Lipinski definition) is 1. The highest BCUT2D eigenvalue weighted by molar-refractivity contribution is 6.17. The van der Waals surface area contributed by atoms with E-state index in [-0.39, 0.29) is 5.75 Å². The van der Waals surface area contributed by atoms with Crippen molar-refractivity contribution in [3.8, 4) is 5.75 Å². The van der Waals surface area contributed by atoms with Crippen LogP contribution >= 0.6 is 0 Å². The van der Waals surface area contributed by atoms with E-state index in [9.17, 15) is 13.2 Å². The number of halogens is 3. The van der Waals surface area contributed by atoms with Crippen molar-refractivity contribution in [3.05, 3.63) is 24.0 Å². The van der Waals surface area contributed by atoms with Crippen LogP contribution < -0.4 is 4.65 Å². The van der Waals surface area contributed by atoms with Gasteiger partial charge in [0.15, 0.2) is 0 Å². The highest BCUT2D eigenvalue weighted by Gasteiger charge is 2.32. The highest BCUT2D eigenvalue weighted by atomic mass is 19.4. The SMILES string of the molecule is OBOc1ccc(C(F)(F)F)nc1. The van der Waals surface area contributed by atoms with Gasteiger partial charge in [-0.05, 0) is 12.1 Å². The molecule has 1 aromatic rings. The molecular weight excluding hydrogens is 186 g/mol. The number of hydrogen-bond acceptors (Lipinski definition) is 3. The Balaban J connectivity index is 2.81. The molecule has 0 saturated carbocycles. The van der Waals surface area contributed by atoms with Crippen LogP contribution in [0.25, 0.3) is 0 Å². The summed E-state index contributed by atoms with van der Waals surface area (Å²) in [6, 6.07) is 1.87. The van der Waals surface area contributed by atoms with E-state index in [4.69, 9.17) is 5.02 Å². The summed E-state index contributed by atoms with van der Waals surface area (Å²) < 4.78 is 40.4. The zero-order valence-corrected chi connectivity index (χ0v) is 6.38. The van der Waals surface area contributed by atoms with Crippen LogP contribution in [0.15, 0.2) is 18.3 Å². The minimum absolute atomic E-state index is 0.0931. The van der Waals surface area contributed by atoms with Crippen LogP contribution in [0.1, 0.15) is 5.69 Å². The summed E-state index contributed by atoms with van der Waals surface area (Å²) in [6.07, 6.45) is -3.54. The van der Waals surface area contributed by atoms with Gasteiger partial charge in [-0.15, -0.1) is 0 Å². The molecule has 1 aromatic heterocycles. The van der Waals surface area contributed by atoms with E-state index in [0.29, 0.717) is 0 Å². The molecule has 0 bridgehead atoms. The van der Waals surface area contributed by atoms with Crippen LogP contribution in [0, 0.1) is 0 Å². The second kappa shape index (κ2) is 3.65. The lowest BCUT2D eigenvalue weighted by Crippen LogP contribution is -2.08. The van der Waals surface area contributed by atoms with Gasteiger partial charge >= 0.3 is 13.9 Å². The lowest BCUT2D eigenvalue weighted by molar-refractivity contribution is -0.141. The van der Waals surface area contributed by atoms with Crippen LogP contribution in [-0.2, 0) is 6.18 Å². The molecule has 0 atom stereocenters. The van der Waals surface area contributed by atoms with Gasteiger partial charge < -0.3 is 9.68 Å². The summed E-state index contributed by atoms with van der Waals surface area (Å²) in [6.45, 7) is 0. The standard InChI is InChI=1S/C6H5BF3NO2/c8-6(9,10)5-2-1-4(3-11-5)13-7-12/h1-3,7,12H. The Kier molecular flexibility index (Phi) is 2.77. The summed E-state index contributed by atoms with van der Waals surface area (Å²) in [5, 5.41) is 8.28. The van der Waals surface area contributed by atoms with E-state index >= 15 is 0 Å². The molecule has 1 rings (SSSR count). The molecule has 0 aliphatic carbocycles. The van der Waals surface area contributed by atoms with Gasteiger partial charge in [0.05, 0.1) is 6.20 Å². The lowest BCUT2D eigenvalue weighted by Gasteiger charge is -2.06. The molecule has 0 aromatic carbocycles. The van der Waals surface area contributed by atoms with E-state index in [2.05, 4.69) is 9.64 Å². The second-order valence-corrected chi connectivity index (χ2v) is 2.15. The van der Waals surface area contributed by atoms with E-state index < -0.39 is 19.6 Å². The fraction of sp³-hybridized carbons (Fsp3) is 0.167. The number of aromatic nitrogens is 1. The van der Waals surface area contributed by atoms with Crippen LogP contribution in [0.3, 0.4) is 0 Å². The van der Waals surface area contributed by atoms with Crippen LogP contribution in [0.5, 0.6) is 5.75 Å². The molecule has 1 heterocycles. The first-order valence-corrected chi connectivity index (χ1v) is 3.31. The fourth-order valence-corrected chi connectivity index (χ4v) is 0.708. The van der Waals surface area contributed by atoms with Crippen LogP contribution in [-0.4, -0.2) is 17.7 Å². The third-order valence-electron chi connectivity index (χ3n) is 1.26. The molecule has 0 aliphatic heterocycles. The van der Waals surface area contributed by atoms with Crippen LogP contribution in [0.2, 0.25) is 0 Å². The van der Waals surface area contributed by atoms with Crippen molar-refractivity contribution in [2.24, 2.45) is 0 Å². The van der Waals surface area contributed by atoms with Gasteiger partial charge in [0.1, 0.15) is 11.4 Å². The first-order valence-electron chi connectivity index (χ1n) is 3.31. The zero-order chi connectivity index (χ0) is 9.90. The third kappa shape index (κ3) is 2.62. The molecule has 0 fully saturated rings.